The zero-order chi connectivity index (χ0) is 13.2. The molecule has 0 saturated heterocycles. The van der Waals surface area contributed by atoms with E-state index in [1.165, 1.54) is 19.9 Å². The standard InChI is InChI=1S/C10H13F2NO3S/c1-6-3-4-8(11)10(9(6)12)13-17(15,16)7(2)5-14/h3-4,7,13-14H,5H2,1-2H3. The lowest BCUT2D eigenvalue weighted by Gasteiger charge is -2.14. The number of anilines is 1. The zero-order valence-electron chi connectivity index (χ0n) is 9.37. The van der Waals surface area contributed by atoms with E-state index in [1.54, 1.807) is 0 Å². The highest BCUT2D eigenvalue weighted by atomic mass is 32.2. The molecule has 1 rings (SSSR count). The summed E-state index contributed by atoms with van der Waals surface area (Å²) in [5, 5.41) is 7.58. The lowest BCUT2D eigenvalue weighted by Crippen LogP contribution is -2.29. The third-order valence-corrected chi connectivity index (χ3v) is 4.01. The molecule has 0 spiro atoms. The highest BCUT2D eigenvalue weighted by Crippen LogP contribution is 2.23. The second-order valence-electron chi connectivity index (χ2n) is 3.69. The molecule has 1 aromatic rings. The van der Waals surface area contributed by atoms with E-state index in [0.717, 1.165) is 6.07 Å². The van der Waals surface area contributed by atoms with Gasteiger partial charge in [-0.15, -0.1) is 0 Å². The number of benzene rings is 1. The first-order valence-electron chi connectivity index (χ1n) is 4.86. The van der Waals surface area contributed by atoms with Gasteiger partial charge in [0.25, 0.3) is 0 Å². The van der Waals surface area contributed by atoms with E-state index in [9.17, 15) is 17.2 Å². The maximum Gasteiger partial charge on any atom is 0.237 e. The van der Waals surface area contributed by atoms with E-state index in [2.05, 4.69) is 0 Å². The van der Waals surface area contributed by atoms with Gasteiger partial charge in [-0.3, -0.25) is 4.72 Å². The molecule has 2 N–H and O–H groups in total. The van der Waals surface area contributed by atoms with E-state index in [4.69, 9.17) is 5.11 Å². The van der Waals surface area contributed by atoms with Crippen molar-refractivity contribution in [2.75, 3.05) is 11.3 Å². The SMILES string of the molecule is Cc1ccc(F)c(NS(=O)(=O)C(C)CO)c1F. The van der Waals surface area contributed by atoms with Gasteiger partial charge in [-0.2, -0.15) is 0 Å². The minimum Gasteiger partial charge on any atom is -0.395 e. The Morgan fingerprint density at radius 1 is 1.41 bits per heavy atom. The monoisotopic (exact) mass is 265 g/mol. The van der Waals surface area contributed by atoms with Crippen molar-refractivity contribution < 1.29 is 22.3 Å². The van der Waals surface area contributed by atoms with Gasteiger partial charge in [-0.05, 0) is 25.5 Å². The number of nitrogens with one attached hydrogen (secondary N) is 1. The summed E-state index contributed by atoms with van der Waals surface area (Å²) in [7, 11) is -4.01. The minimum atomic E-state index is -4.01. The van der Waals surface area contributed by atoms with Crippen molar-refractivity contribution in [2.45, 2.75) is 19.1 Å². The third kappa shape index (κ3) is 2.92. The smallest absolute Gasteiger partial charge is 0.237 e. The van der Waals surface area contributed by atoms with Crippen LogP contribution in [0.5, 0.6) is 0 Å². The van der Waals surface area contributed by atoms with Gasteiger partial charge in [0, 0.05) is 0 Å². The molecule has 1 atom stereocenters. The van der Waals surface area contributed by atoms with Crippen molar-refractivity contribution in [2.24, 2.45) is 0 Å². The first-order valence-corrected chi connectivity index (χ1v) is 6.41. The number of aryl methyl sites for hydroxylation is 1. The van der Waals surface area contributed by atoms with Crippen molar-refractivity contribution in [3.05, 3.63) is 29.3 Å². The Morgan fingerprint density at radius 3 is 2.53 bits per heavy atom. The number of sulfonamides is 1. The highest BCUT2D eigenvalue weighted by Gasteiger charge is 2.23. The molecule has 4 nitrogen and oxygen atoms in total. The topological polar surface area (TPSA) is 66.4 Å². The van der Waals surface area contributed by atoms with Crippen LogP contribution < -0.4 is 4.72 Å². The molecule has 0 heterocycles. The predicted octanol–water partition coefficient (Wildman–Crippen LogP) is 1.40. The summed E-state index contributed by atoms with van der Waals surface area (Å²) >= 11 is 0. The van der Waals surface area contributed by atoms with E-state index < -0.39 is 39.2 Å². The molecule has 17 heavy (non-hydrogen) atoms. The van der Waals surface area contributed by atoms with Gasteiger partial charge in [0.05, 0.1) is 6.61 Å². The summed E-state index contributed by atoms with van der Waals surface area (Å²) in [5.74, 6) is -1.96. The summed E-state index contributed by atoms with van der Waals surface area (Å²) in [6.07, 6.45) is 0. The Hall–Kier alpha value is -1.21. The quantitative estimate of drug-likeness (QED) is 0.864. The first-order chi connectivity index (χ1) is 7.79. The highest BCUT2D eigenvalue weighted by molar-refractivity contribution is 7.93. The van der Waals surface area contributed by atoms with E-state index in [0.29, 0.717) is 0 Å². The van der Waals surface area contributed by atoms with Gasteiger partial charge in [0.2, 0.25) is 10.0 Å². The average molecular weight is 265 g/mol. The number of hydrogen-bond acceptors (Lipinski definition) is 3. The van der Waals surface area contributed by atoms with Crippen LogP contribution in [0.4, 0.5) is 14.5 Å². The normalized spacial score (nSPS) is 13.5. The molecule has 0 radical (unpaired) electrons. The first kappa shape index (κ1) is 13.9. The Kier molecular flexibility index (Phi) is 4.05. The number of aliphatic hydroxyl groups is 1. The maximum atomic E-state index is 13.5. The van der Waals surface area contributed by atoms with Crippen molar-refractivity contribution in [1.82, 2.24) is 0 Å². The zero-order valence-corrected chi connectivity index (χ0v) is 10.2. The van der Waals surface area contributed by atoms with Crippen LogP contribution in [-0.4, -0.2) is 25.4 Å². The fraction of sp³-hybridized carbons (Fsp3) is 0.400. The van der Waals surface area contributed by atoms with Crippen LogP contribution in [-0.2, 0) is 10.0 Å². The molecule has 0 aromatic heterocycles. The number of hydrogen-bond donors (Lipinski definition) is 2. The van der Waals surface area contributed by atoms with Crippen molar-refractivity contribution in [3.63, 3.8) is 0 Å². The van der Waals surface area contributed by atoms with Gasteiger partial charge in [0.15, 0.2) is 5.82 Å². The lowest BCUT2D eigenvalue weighted by atomic mass is 10.2. The van der Waals surface area contributed by atoms with E-state index in [1.807, 2.05) is 4.72 Å². The largest absolute Gasteiger partial charge is 0.395 e. The van der Waals surface area contributed by atoms with Crippen LogP contribution in [0.1, 0.15) is 12.5 Å². The molecule has 96 valence electrons. The fourth-order valence-corrected chi connectivity index (χ4v) is 1.96. The molecule has 1 unspecified atom stereocenters. The molecule has 7 heteroatoms. The molecule has 0 bridgehead atoms. The number of rotatable bonds is 4. The van der Waals surface area contributed by atoms with Crippen LogP contribution in [0.2, 0.25) is 0 Å². The third-order valence-electron chi connectivity index (χ3n) is 2.32. The molecule has 0 saturated carbocycles. The number of aliphatic hydroxyl groups excluding tert-OH is 1. The van der Waals surface area contributed by atoms with Crippen LogP contribution in [0.15, 0.2) is 12.1 Å². The van der Waals surface area contributed by atoms with Gasteiger partial charge < -0.3 is 5.11 Å². The number of halogens is 2. The Labute approximate surface area is 98.3 Å². The molecule has 0 fully saturated rings. The molecule has 0 aliphatic rings. The predicted molar refractivity (Wildman–Crippen MR) is 60.2 cm³/mol. The Balaban J connectivity index is 3.16. The minimum absolute atomic E-state index is 0.126. The van der Waals surface area contributed by atoms with Crippen LogP contribution >= 0.6 is 0 Å². The fourth-order valence-electron chi connectivity index (χ4n) is 1.09. The Bertz CT molecular complexity index is 517. The summed E-state index contributed by atoms with van der Waals surface area (Å²) in [6, 6.07) is 2.18. The molecular formula is C10H13F2NO3S. The van der Waals surface area contributed by atoms with E-state index >= 15 is 0 Å². The lowest BCUT2D eigenvalue weighted by molar-refractivity contribution is 0.296. The maximum absolute atomic E-state index is 13.5. The van der Waals surface area contributed by atoms with Gasteiger partial charge >= 0.3 is 0 Å². The molecule has 1 aromatic carbocycles. The summed E-state index contributed by atoms with van der Waals surface area (Å²) < 4.78 is 51.7. The summed E-state index contributed by atoms with van der Waals surface area (Å²) in [5.41, 5.74) is -0.592. The second-order valence-corrected chi connectivity index (χ2v) is 5.79. The van der Waals surface area contributed by atoms with Gasteiger partial charge in [-0.1, -0.05) is 6.07 Å². The van der Waals surface area contributed by atoms with Gasteiger partial charge in [0.1, 0.15) is 16.8 Å². The second kappa shape index (κ2) is 4.97. The molecule has 0 aliphatic carbocycles. The molecule has 0 aliphatic heterocycles. The summed E-state index contributed by atoms with van der Waals surface area (Å²) in [6.45, 7) is 1.99. The van der Waals surface area contributed by atoms with Crippen LogP contribution in [0.3, 0.4) is 0 Å². The van der Waals surface area contributed by atoms with E-state index in [-0.39, 0.29) is 5.56 Å². The summed E-state index contributed by atoms with van der Waals surface area (Å²) in [4.78, 5) is 0. The van der Waals surface area contributed by atoms with Crippen LogP contribution in [0.25, 0.3) is 0 Å². The molecule has 0 amide bonds. The molecular weight excluding hydrogens is 252 g/mol. The van der Waals surface area contributed by atoms with Crippen molar-refractivity contribution in [3.8, 4) is 0 Å². The van der Waals surface area contributed by atoms with Crippen LogP contribution in [0, 0.1) is 18.6 Å². The van der Waals surface area contributed by atoms with Gasteiger partial charge in [-0.25, -0.2) is 17.2 Å². The average Bonchev–Trinajstić information content (AvgIpc) is 2.28. The van der Waals surface area contributed by atoms with Crippen molar-refractivity contribution >= 4 is 15.7 Å². The Morgan fingerprint density at radius 2 is 2.00 bits per heavy atom. The van der Waals surface area contributed by atoms with Crippen molar-refractivity contribution in [1.29, 1.82) is 0 Å².